The molecule has 0 spiro atoms. The summed E-state index contributed by atoms with van der Waals surface area (Å²) in [4.78, 5) is 5.30. The molecule has 4 nitrogen and oxygen atoms in total. The number of aryl methyl sites for hydroxylation is 6. The molecule has 0 saturated carbocycles. The van der Waals surface area contributed by atoms with Crippen LogP contribution in [0.3, 0.4) is 0 Å². The lowest BCUT2D eigenvalue weighted by Gasteiger charge is -2.46. The zero-order valence-corrected chi connectivity index (χ0v) is 49.5. The molecular weight excluding hydrogens is 970 g/mol. The van der Waals surface area contributed by atoms with Gasteiger partial charge in [0.15, 0.2) is 0 Å². The zero-order chi connectivity index (χ0) is 56.4. The van der Waals surface area contributed by atoms with E-state index in [2.05, 4.69) is 270 Å². The minimum Gasteiger partial charge on any atom is -0.455 e. The summed E-state index contributed by atoms with van der Waals surface area (Å²) in [6.45, 7) is 41.0. The molecule has 4 heterocycles. The minimum atomic E-state index is -0.204. The first-order valence-electron chi connectivity index (χ1n) is 28.7. The van der Waals surface area contributed by atoms with Crippen LogP contribution >= 0.6 is 0 Å². The third-order valence-corrected chi connectivity index (χ3v) is 17.3. The van der Waals surface area contributed by atoms with Crippen molar-refractivity contribution in [1.29, 1.82) is 0 Å². The van der Waals surface area contributed by atoms with Gasteiger partial charge in [0.25, 0.3) is 6.71 Å². The van der Waals surface area contributed by atoms with Crippen LogP contribution in [-0.2, 0) is 10.8 Å². The van der Waals surface area contributed by atoms with Crippen molar-refractivity contribution in [2.24, 2.45) is 0 Å². The lowest BCUT2D eigenvalue weighted by atomic mass is 9.33. The average Bonchev–Trinajstić information content (AvgIpc) is 4.07. The fraction of sp³-hybridized carbons (Fsp3) is 0.227. The molecule has 10 aromatic rings. The summed E-state index contributed by atoms with van der Waals surface area (Å²) in [5.41, 5.74) is 31.5. The number of nitrogens with zero attached hydrogens (tertiary/aromatic N) is 3. The van der Waals surface area contributed by atoms with Crippen molar-refractivity contribution in [2.45, 2.75) is 114 Å². The van der Waals surface area contributed by atoms with E-state index in [9.17, 15) is 0 Å². The van der Waals surface area contributed by atoms with Crippen molar-refractivity contribution < 1.29 is 4.42 Å². The van der Waals surface area contributed by atoms with Crippen molar-refractivity contribution in [3.8, 4) is 16.8 Å². The first-order valence-corrected chi connectivity index (χ1v) is 28.7. The van der Waals surface area contributed by atoms with Gasteiger partial charge in [-0.15, -0.1) is 0 Å². The molecule has 0 bridgehead atoms. The number of furan rings is 1. The van der Waals surface area contributed by atoms with Gasteiger partial charge < -0.3 is 18.8 Å². The topological polar surface area (TPSA) is 24.6 Å². The Labute approximate surface area is 475 Å². The number of rotatable bonds is 9. The fourth-order valence-electron chi connectivity index (χ4n) is 13.5. The van der Waals surface area contributed by atoms with Crippen molar-refractivity contribution in [2.75, 3.05) is 9.80 Å². The predicted molar refractivity (Wildman–Crippen MR) is 349 cm³/mol. The maximum absolute atomic E-state index is 6.68. The van der Waals surface area contributed by atoms with Gasteiger partial charge in [0.05, 0.1) is 28.3 Å². The van der Waals surface area contributed by atoms with Gasteiger partial charge in [-0.05, 0) is 204 Å². The standard InChI is InChI=1S/C75H74BN3O/c1-17-21-28-50(18-2)51-35-46(7)71(47(8)36-51)79-65-43-63-59(55(19-3)62(20-4)77(63)70-44(5)26-24-27-45(70)6)42-61(65)76-60-34-33-53(74(11,12)13)39-64(60)78(66-40-54(75(14,15)16)41-67(79)69(66)76)72-48(9)37-52(38-49(72)10)56-30-25-31-58-57-29-22-23-32-68(57)80-73(56)58/h18-43H,3-4,17H2,1-2,5-16H3/b28-21-,50-18+. The number of anilines is 6. The van der Waals surface area contributed by atoms with Gasteiger partial charge in [0.1, 0.15) is 11.2 Å². The molecule has 0 fully saturated rings. The maximum Gasteiger partial charge on any atom is 0.252 e. The number of hydrogen-bond acceptors (Lipinski definition) is 3. The molecule has 80 heavy (non-hydrogen) atoms. The van der Waals surface area contributed by atoms with Gasteiger partial charge in [-0.1, -0.05) is 159 Å². The Hall–Kier alpha value is -8.28. The van der Waals surface area contributed by atoms with Crippen LogP contribution in [0.15, 0.2) is 163 Å². The first kappa shape index (κ1) is 52.4. The Morgan fingerprint density at radius 3 is 1.75 bits per heavy atom. The summed E-state index contributed by atoms with van der Waals surface area (Å²) >= 11 is 0. The van der Waals surface area contributed by atoms with Gasteiger partial charge in [-0.2, -0.15) is 0 Å². The lowest BCUT2D eigenvalue weighted by Crippen LogP contribution is -2.61. The molecule has 2 aliphatic rings. The summed E-state index contributed by atoms with van der Waals surface area (Å²) in [6, 6.07) is 48.6. The van der Waals surface area contributed by atoms with Gasteiger partial charge in [-0.25, -0.2) is 0 Å². The second-order valence-electron chi connectivity index (χ2n) is 24.8. The van der Waals surface area contributed by atoms with Crippen LogP contribution in [-0.4, -0.2) is 11.3 Å². The average molecular weight is 1040 g/mol. The van der Waals surface area contributed by atoms with Gasteiger partial charge in [0.2, 0.25) is 0 Å². The van der Waals surface area contributed by atoms with E-state index in [0.29, 0.717) is 0 Å². The molecule has 0 radical (unpaired) electrons. The molecule has 0 amide bonds. The molecule has 5 heteroatoms. The van der Waals surface area contributed by atoms with Crippen LogP contribution in [0.5, 0.6) is 0 Å². The fourth-order valence-corrected chi connectivity index (χ4v) is 13.5. The van der Waals surface area contributed by atoms with Gasteiger partial charge >= 0.3 is 0 Å². The molecule has 12 rings (SSSR count). The van der Waals surface area contributed by atoms with Crippen molar-refractivity contribution in [3.63, 3.8) is 0 Å². The van der Waals surface area contributed by atoms with E-state index in [1.807, 2.05) is 12.2 Å². The molecule has 398 valence electrons. The first-order chi connectivity index (χ1) is 38.3. The molecule has 0 unspecified atom stereocenters. The van der Waals surface area contributed by atoms with Crippen LogP contribution in [0.25, 0.3) is 67.4 Å². The van der Waals surface area contributed by atoms with Gasteiger partial charge in [0, 0.05) is 50.0 Å². The molecule has 2 aliphatic heterocycles. The molecule has 0 N–H and O–H groups in total. The Balaban J connectivity index is 1.21. The van der Waals surface area contributed by atoms with Gasteiger partial charge in [-0.3, -0.25) is 0 Å². The predicted octanol–water partition coefficient (Wildman–Crippen LogP) is 19.4. The zero-order valence-electron chi connectivity index (χ0n) is 49.5. The third kappa shape index (κ3) is 8.09. The molecule has 0 aliphatic carbocycles. The van der Waals surface area contributed by atoms with Crippen LogP contribution < -0.4 is 26.2 Å². The highest BCUT2D eigenvalue weighted by Crippen LogP contribution is 2.51. The van der Waals surface area contributed by atoms with Crippen molar-refractivity contribution in [1.82, 2.24) is 4.57 Å². The summed E-state index contributed by atoms with van der Waals surface area (Å²) in [7, 11) is 0. The Kier molecular flexibility index (Phi) is 12.6. The summed E-state index contributed by atoms with van der Waals surface area (Å²) in [6.07, 6.45) is 11.8. The highest BCUT2D eigenvalue weighted by molar-refractivity contribution is 7.00. The number of para-hydroxylation sites is 3. The van der Waals surface area contributed by atoms with E-state index in [-0.39, 0.29) is 17.5 Å². The maximum atomic E-state index is 6.68. The monoisotopic (exact) mass is 1040 g/mol. The number of hydrogen-bond donors (Lipinski definition) is 0. The Morgan fingerprint density at radius 1 is 0.562 bits per heavy atom. The molecule has 0 saturated heterocycles. The minimum absolute atomic E-state index is 0.108. The summed E-state index contributed by atoms with van der Waals surface area (Å²) in [5.74, 6) is 0. The summed E-state index contributed by atoms with van der Waals surface area (Å²) < 4.78 is 9.13. The number of benzene rings is 8. The Morgan fingerprint density at radius 2 is 1.15 bits per heavy atom. The smallest absolute Gasteiger partial charge is 0.252 e. The lowest BCUT2D eigenvalue weighted by molar-refractivity contribution is 0.590. The largest absolute Gasteiger partial charge is 0.455 e. The molecule has 0 atom stereocenters. The second kappa shape index (κ2) is 19.2. The van der Waals surface area contributed by atoms with E-state index in [1.54, 1.807) is 0 Å². The number of allylic oxidation sites excluding steroid dienone is 4. The van der Waals surface area contributed by atoms with E-state index >= 15 is 0 Å². The highest BCUT2D eigenvalue weighted by Gasteiger charge is 2.46. The summed E-state index contributed by atoms with van der Waals surface area (Å²) in [5, 5.41) is 3.43. The molecule has 2 aromatic heterocycles. The number of aromatic nitrogens is 1. The quantitative estimate of drug-likeness (QED) is 0.106. The highest BCUT2D eigenvalue weighted by atomic mass is 16.3. The van der Waals surface area contributed by atoms with Crippen LogP contribution in [0.1, 0.15) is 123 Å². The van der Waals surface area contributed by atoms with Crippen LogP contribution in [0.4, 0.5) is 34.1 Å². The number of fused-ring (bicyclic) bond motifs is 8. The SMILES string of the molecule is C=Cc1c(C=C)n(-c2c(C)cccc2C)c2cc3c(cc12)B1c2ccc(C(C)(C)C)cc2N(c2c(C)cc(-c4cccc5c4oc4ccccc45)cc2C)c2cc(C(C)(C)C)cc(c21)N3c1c(C)cc(C(/C=C\CC)=C/C)cc1C. The van der Waals surface area contributed by atoms with E-state index in [1.165, 1.54) is 112 Å². The van der Waals surface area contributed by atoms with Crippen molar-refractivity contribution in [3.05, 3.63) is 220 Å². The van der Waals surface area contributed by atoms with E-state index in [0.717, 1.165) is 61.6 Å². The molecular formula is C75H74BN3O. The molecule has 8 aromatic carbocycles. The Bertz CT molecular complexity index is 4260. The normalized spacial score (nSPS) is 13.5. The van der Waals surface area contributed by atoms with E-state index < -0.39 is 0 Å². The van der Waals surface area contributed by atoms with E-state index in [4.69, 9.17) is 4.42 Å². The third-order valence-electron chi connectivity index (χ3n) is 17.3. The van der Waals surface area contributed by atoms with Crippen LogP contribution in [0.2, 0.25) is 0 Å². The second-order valence-corrected chi connectivity index (χ2v) is 24.8. The van der Waals surface area contributed by atoms with Crippen LogP contribution in [0, 0.1) is 41.5 Å². The van der Waals surface area contributed by atoms with Crippen molar-refractivity contribution >= 4 is 108 Å².